The van der Waals surface area contributed by atoms with Crippen molar-refractivity contribution in [3.05, 3.63) is 18.2 Å². The van der Waals surface area contributed by atoms with Crippen LogP contribution in [0.1, 0.15) is 12.1 Å². The second kappa shape index (κ2) is 6.42. The zero-order valence-corrected chi connectivity index (χ0v) is 12.1. The van der Waals surface area contributed by atoms with Crippen molar-refractivity contribution in [1.29, 1.82) is 0 Å². The Morgan fingerprint density at radius 3 is 3.05 bits per heavy atom. The number of hydrogen-bond donors (Lipinski definition) is 2. The van der Waals surface area contributed by atoms with Gasteiger partial charge in [0.05, 0.1) is 23.6 Å². The van der Waals surface area contributed by atoms with Crippen LogP contribution in [0.3, 0.4) is 0 Å². The normalized spacial score (nSPS) is 21.4. The molecule has 6 nitrogen and oxygen atoms in total. The Balaban J connectivity index is 1.60. The zero-order chi connectivity index (χ0) is 13.7. The molecule has 0 aromatic carbocycles. The van der Waals surface area contributed by atoms with Gasteiger partial charge in [-0.15, -0.1) is 11.8 Å². The summed E-state index contributed by atoms with van der Waals surface area (Å²) in [7, 11) is -2.85. The SMILES string of the molecule is O=C(CSC1CCS(=O)(=O)C1)NCCc1cnc[nH]1. The first-order valence-corrected chi connectivity index (χ1v) is 8.98. The molecular weight excluding hydrogens is 286 g/mol. The molecule has 0 bridgehead atoms. The molecule has 0 aliphatic carbocycles. The Morgan fingerprint density at radius 2 is 2.42 bits per heavy atom. The fraction of sp³-hybridized carbons (Fsp3) is 0.636. The molecule has 0 radical (unpaired) electrons. The summed E-state index contributed by atoms with van der Waals surface area (Å²) in [6.07, 6.45) is 4.71. The van der Waals surface area contributed by atoms with Crippen molar-refractivity contribution in [3.63, 3.8) is 0 Å². The van der Waals surface area contributed by atoms with E-state index in [2.05, 4.69) is 15.3 Å². The summed E-state index contributed by atoms with van der Waals surface area (Å²) < 4.78 is 22.5. The number of sulfone groups is 1. The summed E-state index contributed by atoms with van der Waals surface area (Å²) >= 11 is 1.43. The quantitative estimate of drug-likeness (QED) is 0.771. The smallest absolute Gasteiger partial charge is 0.230 e. The minimum absolute atomic E-state index is 0.0474. The maximum absolute atomic E-state index is 11.6. The van der Waals surface area contributed by atoms with Gasteiger partial charge in [-0.3, -0.25) is 4.79 Å². The topological polar surface area (TPSA) is 91.9 Å². The molecule has 1 aromatic heterocycles. The molecule has 106 valence electrons. The van der Waals surface area contributed by atoms with Crippen LogP contribution in [0, 0.1) is 0 Å². The summed E-state index contributed by atoms with van der Waals surface area (Å²) in [4.78, 5) is 18.4. The van der Waals surface area contributed by atoms with Gasteiger partial charge >= 0.3 is 0 Å². The van der Waals surface area contributed by atoms with Crippen molar-refractivity contribution in [2.45, 2.75) is 18.1 Å². The highest BCUT2D eigenvalue weighted by atomic mass is 32.2. The van der Waals surface area contributed by atoms with Crippen molar-refractivity contribution in [2.24, 2.45) is 0 Å². The fourth-order valence-electron chi connectivity index (χ4n) is 1.89. The Morgan fingerprint density at radius 1 is 1.58 bits per heavy atom. The van der Waals surface area contributed by atoms with Gasteiger partial charge in [0, 0.05) is 30.1 Å². The van der Waals surface area contributed by atoms with E-state index in [1.165, 1.54) is 11.8 Å². The Hall–Kier alpha value is -1.02. The lowest BCUT2D eigenvalue weighted by Crippen LogP contribution is -2.28. The van der Waals surface area contributed by atoms with Gasteiger partial charge in [0.2, 0.25) is 5.91 Å². The first-order valence-electron chi connectivity index (χ1n) is 6.11. The van der Waals surface area contributed by atoms with Crippen molar-refractivity contribution in [2.75, 3.05) is 23.8 Å². The number of thioether (sulfide) groups is 1. The summed E-state index contributed by atoms with van der Waals surface area (Å²) in [6.45, 7) is 0.560. The molecule has 1 unspecified atom stereocenters. The Kier molecular flexibility index (Phi) is 4.87. The highest BCUT2D eigenvalue weighted by Gasteiger charge is 2.28. The van der Waals surface area contributed by atoms with E-state index in [4.69, 9.17) is 0 Å². The third kappa shape index (κ3) is 4.87. The lowest BCUT2D eigenvalue weighted by Gasteiger charge is -2.07. The van der Waals surface area contributed by atoms with Gasteiger partial charge in [-0.05, 0) is 6.42 Å². The van der Waals surface area contributed by atoms with Gasteiger partial charge in [0.25, 0.3) is 0 Å². The molecule has 0 saturated carbocycles. The molecule has 1 aliphatic heterocycles. The lowest BCUT2D eigenvalue weighted by atomic mass is 10.3. The molecule has 19 heavy (non-hydrogen) atoms. The number of nitrogens with one attached hydrogen (secondary N) is 2. The van der Waals surface area contributed by atoms with Crippen LogP contribution < -0.4 is 5.32 Å². The lowest BCUT2D eigenvalue weighted by molar-refractivity contribution is -0.118. The number of carbonyl (C=O) groups is 1. The van der Waals surface area contributed by atoms with E-state index in [1.807, 2.05) is 0 Å². The number of carbonyl (C=O) groups excluding carboxylic acids is 1. The minimum atomic E-state index is -2.85. The van der Waals surface area contributed by atoms with Crippen LogP contribution in [-0.4, -0.2) is 53.3 Å². The van der Waals surface area contributed by atoms with Gasteiger partial charge in [-0.2, -0.15) is 0 Å². The van der Waals surface area contributed by atoms with Crippen molar-refractivity contribution in [1.82, 2.24) is 15.3 Å². The molecule has 1 amide bonds. The average Bonchev–Trinajstić information content (AvgIpc) is 2.96. The molecule has 1 fully saturated rings. The molecule has 2 rings (SSSR count). The van der Waals surface area contributed by atoms with Crippen LogP contribution in [-0.2, 0) is 21.1 Å². The van der Waals surface area contributed by atoms with Gasteiger partial charge in [-0.1, -0.05) is 0 Å². The van der Waals surface area contributed by atoms with Crippen LogP contribution in [0.15, 0.2) is 12.5 Å². The van der Waals surface area contributed by atoms with Crippen LogP contribution in [0.5, 0.6) is 0 Å². The summed E-state index contributed by atoms with van der Waals surface area (Å²) in [6, 6.07) is 0. The molecule has 8 heteroatoms. The summed E-state index contributed by atoms with van der Waals surface area (Å²) in [5.74, 6) is 0.739. The molecule has 2 N–H and O–H groups in total. The number of rotatable bonds is 6. The number of amides is 1. The van der Waals surface area contributed by atoms with Crippen LogP contribution in [0.4, 0.5) is 0 Å². The molecule has 0 spiro atoms. The number of H-pyrrole nitrogens is 1. The predicted octanol–water partition coefficient (Wildman–Crippen LogP) is -0.0113. The van der Waals surface area contributed by atoms with Gasteiger partial charge in [0.1, 0.15) is 0 Å². The first kappa shape index (κ1) is 14.4. The van der Waals surface area contributed by atoms with E-state index in [0.717, 1.165) is 5.69 Å². The van der Waals surface area contributed by atoms with Crippen LogP contribution in [0.25, 0.3) is 0 Å². The van der Waals surface area contributed by atoms with E-state index in [0.29, 0.717) is 25.1 Å². The van der Waals surface area contributed by atoms with E-state index in [-0.39, 0.29) is 22.7 Å². The van der Waals surface area contributed by atoms with Crippen molar-refractivity contribution >= 4 is 27.5 Å². The van der Waals surface area contributed by atoms with E-state index >= 15 is 0 Å². The van der Waals surface area contributed by atoms with E-state index in [1.54, 1.807) is 12.5 Å². The van der Waals surface area contributed by atoms with E-state index < -0.39 is 9.84 Å². The standard InChI is InChI=1S/C11H17N3O3S2/c15-11(13-3-1-9-5-12-8-14-9)6-18-10-2-4-19(16,17)7-10/h5,8,10H,1-4,6-7H2,(H,12,14)(H,13,15). The maximum atomic E-state index is 11.6. The molecule has 1 atom stereocenters. The Labute approximate surface area is 116 Å². The fourth-order valence-corrected chi connectivity index (χ4v) is 5.37. The number of aromatic amines is 1. The molecule has 2 heterocycles. The number of nitrogens with zero attached hydrogens (tertiary/aromatic N) is 1. The third-order valence-electron chi connectivity index (χ3n) is 2.91. The van der Waals surface area contributed by atoms with Gasteiger partial charge in [0.15, 0.2) is 9.84 Å². The summed E-state index contributed by atoms with van der Waals surface area (Å²) in [5.41, 5.74) is 0.981. The zero-order valence-electron chi connectivity index (χ0n) is 10.5. The second-order valence-electron chi connectivity index (χ2n) is 4.51. The van der Waals surface area contributed by atoms with Crippen LogP contribution in [0.2, 0.25) is 0 Å². The number of aromatic nitrogens is 2. The Bertz CT molecular complexity index is 513. The van der Waals surface area contributed by atoms with Crippen molar-refractivity contribution in [3.8, 4) is 0 Å². The average molecular weight is 303 g/mol. The van der Waals surface area contributed by atoms with E-state index in [9.17, 15) is 13.2 Å². The minimum Gasteiger partial charge on any atom is -0.355 e. The molecule has 1 aromatic rings. The number of imidazole rings is 1. The van der Waals surface area contributed by atoms with Gasteiger partial charge in [-0.25, -0.2) is 13.4 Å². The molecular formula is C11H17N3O3S2. The van der Waals surface area contributed by atoms with Gasteiger partial charge < -0.3 is 10.3 Å². The largest absolute Gasteiger partial charge is 0.355 e. The van der Waals surface area contributed by atoms with Crippen LogP contribution >= 0.6 is 11.8 Å². The maximum Gasteiger partial charge on any atom is 0.230 e. The predicted molar refractivity (Wildman–Crippen MR) is 74.8 cm³/mol. The highest BCUT2D eigenvalue weighted by Crippen LogP contribution is 2.23. The summed E-state index contributed by atoms with van der Waals surface area (Å²) in [5, 5.41) is 2.88. The first-order chi connectivity index (χ1) is 9.05. The monoisotopic (exact) mass is 303 g/mol. The molecule has 1 saturated heterocycles. The highest BCUT2D eigenvalue weighted by molar-refractivity contribution is 8.02. The second-order valence-corrected chi connectivity index (χ2v) is 8.03. The third-order valence-corrected chi connectivity index (χ3v) is 6.19. The van der Waals surface area contributed by atoms with Crippen molar-refractivity contribution < 1.29 is 13.2 Å². The molecule has 1 aliphatic rings. The number of hydrogen-bond acceptors (Lipinski definition) is 5.